The number of carbonyl (C=O) groups is 1. The second-order valence-electron chi connectivity index (χ2n) is 7.31. The SMILES string of the molecule is Cc1ccc(NC(=O)c2ccc(-c3ccc(C(C)(C)C)cc3)o2)cc1. The van der Waals surface area contributed by atoms with Crippen LogP contribution in [0, 0.1) is 6.92 Å². The molecule has 0 saturated heterocycles. The predicted molar refractivity (Wildman–Crippen MR) is 102 cm³/mol. The maximum atomic E-state index is 12.3. The minimum absolute atomic E-state index is 0.112. The number of anilines is 1. The fourth-order valence-electron chi connectivity index (χ4n) is 2.58. The summed E-state index contributed by atoms with van der Waals surface area (Å²) < 4.78 is 5.74. The third-order valence-corrected chi connectivity index (χ3v) is 4.17. The van der Waals surface area contributed by atoms with Crippen molar-refractivity contribution in [3.05, 3.63) is 77.6 Å². The van der Waals surface area contributed by atoms with Crippen molar-refractivity contribution in [1.29, 1.82) is 0 Å². The minimum Gasteiger partial charge on any atom is -0.451 e. The van der Waals surface area contributed by atoms with Crippen molar-refractivity contribution in [2.75, 3.05) is 5.32 Å². The highest BCUT2D eigenvalue weighted by molar-refractivity contribution is 6.02. The monoisotopic (exact) mass is 333 g/mol. The molecule has 1 heterocycles. The van der Waals surface area contributed by atoms with E-state index in [0.717, 1.165) is 16.8 Å². The number of benzene rings is 2. The molecular formula is C22H23NO2. The van der Waals surface area contributed by atoms with E-state index >= 15 is 0 Å². The topological polar surface area (TPSA) is 42.2 Å². The zero-order chi connectivity index (χ0) is 18.0. The fraction of sp³-hybridized carbons (Fsp3) is 0.227. The summed E-state index contributed by atoms with van der Waals surface area (Å²) in [5, 5.41) is 2.85. The molecule has 2 aromatic carbocycles. The lowest BCUT2D eigenvalue weighted by atomic mass is 9.86. The van der Waals surface area contributed by atoms with E-state index in [1.165, 1.54) is 5.56 Å². The molecule has 3 aromatic rings. The third kappa shape index (κ3) is 4.00. The Balaban J connectivity index is 1.75. The Morgan fingerprint density at radius 1 is 0.880 bits per heavy atom. The summed E-state index contributed by atoms with van der Waals surface area (Å²) in [6.07, 6.45) is 0. The Kier molecular flexibility index (Phi) is 4.49. The van der Waals surface area contributed by atoms with E-state index in [2.05, 4.69) is 38.2 Å². The van der Waals surface area contributed by atoms with Crippen LogP contribution in [-0.4, -0.2) is 5.91 Å². The Morgan fingerprint density at radius 3 is 2.12 bits per heavy atom. The maximum absolute atomic E-state index is 12.3. The van der Waals surface area contributed by atoms with E-state index in [0.29, 0.717) is 11.5 Å². The first kappa shape index (κ1) is 17.0. The molecule has 0 bridgehead atoms. The van der Waals surface area contributed by atoms with Crippen LogP contribution in [0.1, 0.15) is 42.5 Å². The summed E-state index contributed by atoms with van der Waals surface area (Å²) in [7, 11) is 0. The molecule has 0 spiro atoms. The quantitative estimate of drug-likeness (QED) is 0.657. The number of hydrogen-bond donors (Lipinski definition) is 1. The van der Waals surface area contributed by atoms with Crippen LogP contribution in [-0.2, 0) is 5.41 Å². The predicted octanol–water partition coefficient (Wildman–Crippen LogP) is 5.80. The summed E-state index contributed by atoms with van der Waals surface area (Å²) in [5.41, 5.74) is 4.24. The highest BCUT2D eigenvalue weighted by atomic mass is 16.3. The highest BCUT2D eigenvalue weighted by Gasteiger charge is 2.15. The van der Waals surface area contributed by atoms with E-state index in [4.69, 9.17) is 4.42 Å². The first-order valence-corrected chi connectivity index (χ1v) is 8.42. The number of carbonyl (C=O) groups excluding carboxylic acids is 1. The maximum Gasteiger partial charge on any atom is 0.291 e. The minimum atomic E-state index is -0.249. The van der Waals surface area contributed by atoms with Crippen molar-refractivity contribution in [2.45, 2.75) is 33.1 Å². The molecule has 0 radical (unpaired) electrons. The van der Waals surface area contributed by atoms with E-state index in [1.54, 1.807) is 6.07 Å². The van der Waals surface area contributed by atoms with Crippen LogP contribution in [0.25, 0.3) is 11.3 Å². The molecular weight excluding hydrogens is 310 g/mol. The molecule has 3 rings (SSSR count). The summed E-state index contributed by atoms with van der Waals surface area (Å²) in [5.74, 6) is 0.742. The number of aryl methyl sites for hydroxylation is 1. The molecule has 0 aliphatic rings. The lowest BCUT2D eigenvalue weighted by molar-refractivity contribution is 0.0997. The van der Waals surface area contributed by atoms with Gasteiger partial charge in [0.1, 0.15) is 5.76 Å². The van der Waals surface area contributed by atoms with Crippen LogP contribution in [0.3, 0.4) is 0 Å². The Hall–Kier alpha value is -2.81. The molecule has 3 heteroatoms. The first-order valence-electron chi connectivity index (χ1n) is 8.42. The van der Waals surface area contributed by atoms with Gasteiger partial charge in [-0.1, -0.05) is 62.7 Å². The average molecular weight is 333 g/mol. The van der Waals surface area contributed by atoms with Crippen LogP contribution >= 0.6 is 0 Å². The van der Waals surface area contributed by atoms with Gasteiger partial charge in [-0.25, -0.2) is 0 Å². The molecule has 0 unspecified atom stereocenters. The van der Waals surface area contributed by atoms with Gasteiger partial charge in [-0.3, -0.25) is 4.79 Å². The Labute approximate surface area is 148 Å². The van der Waals surface area contributed by atoms with Crippen LogP contribution in [0.2, 0.25) is 0 Å². The second kappa shape index (κ2) is 6.60. The van der Waals surface area contributed by atoms with Crippen molar-refractivity contribution < 1.29 is 9.21 Å². The van der Waals surface area contributed by atoms with Crippen molar-refractivity contribution in [1.82, 2.24) is 0 Å². The molecule has 0 aliphatic carbocycles. The molecule has 3 nitrogen and oxygen atoms in total. The van der Waals surface area contributed by atoms with Crippen molar-refractivity contribution >= 4 is 11.6 Å². The van der Waals surface area contributed by atoms with Gasteiger partial charge in [-0.15, -0.1) is 0 Å². The third-order valence-electron chi connectivity index (χ3n) is 4.17. The summed E-state index contributed by atoms with van der Waals surface area (Å²) in [6, 6.07) is 19.5. The zero-order valence-electron chi connectivity index (χ0n) is 15.1. The zero-order valence-corrected chi connectivity index (χ0v) is 15.1. The molecule has 1 amide bonds. The van der Waals surface area contributed by atoms with Gasteiger partial charge in [0, 0.05) is 11.3 Å². The van der Waals surface area contributed by atoms with Crippen molar-refractivity contribution in [2.24, 2.45) is 0 Å². The van der Waals surface area contributed by atoms with E-state index < -0.39 is 0 Å². The molecule has 0 fully saturated rings. The molecule has 0 atom stereocenters. The van der Waals surface area contributed by atoms with Gasteiger partial charge in [-0.05, 0) is 42.2 Å². The molecule has 25 heavy (non-hydrogen) atoms. The van der Waals surface area contributed by atoms with Crippen LogP contribution < -0.4 is 5.32 Å². The van der Waals surface area contributed by atoms with E-state index in [9.17, 15) is 4.79 Å². The molecule has 128 valence electrons. The standard InChI is InChI=1S/C22H23NO2/c1-15-5-11-18(12-6-15)23-21(24)20-14-13-19(25-20)16-7-9-17(10-8-16)22(2,3)4/h5-14H,1-4H3,(H,23,24). The lowest BCUT2D eigenvalue weighted by Crippen LogP contribution is -2.10. The van der Waals surface area contributed by atoms with Crippen molar-refractivity contribution in [3.8, 4) is 11.3 Å². The largest absolute Gasteiger partial charge is 0.451 e. The van der Waals surface area contributed by atoms with Gasteiger partial charge in [0.15, 0.2) is 5.76 Å². The number of hydrogen-bond acceptors (Lipinski definition) is 2. The van der Waals surface area contributed by atoms with Crippen LogP contribution in [0.15, 0.2) is 65.1 Å². The summed E-state index contributed by atoms with van der Waals surface area (Å²) >= 11 is 0. The summed E-state index contributed by atoms with van der Waals surface area (Å²) in [4.78, 5) is 12.3. The number of furan rings is 1. The van der Waals surface area contributed by atoms with Crippen LogP contribution in [0.5, 0.6) is 0 Å². The molecule has 0 saturated carbocycles. The number of rotatable bonds is 3. The van der Waals surface area contributed by atoms with Gasteiger partial charge in [0.25, 0.3) is 5.91 Å². The number of nitrogens with one attached hydrogen (secondary N) is 1. The summed E-state index contributed by atoms with van der Waals surface area (Å²) in [6.45, 7) is 8.56. The van der Waals surface area contributed by atoms with E-state index in [-0.39, 0.29) is 11.3 Å². The van der Waals surface area contributed by atoms with Gasteiger partial charge in [0.2, 0.25) is 0 Å². The average Bonchev–Trinajstić information content (AvgIpc) is 3.06. The smallest absolute Gasteiger partial charge is 0.291 e. The number of amides is 1. The lowest BCUT2D eigenvalue weighted by Gasteiger charge is -2.18. The van der Waals surface area contributed by atoms with Crippen LogP contribution in [0.4, 0.5) is 5.69 Å². The van der Waals surface area contributed by atoms with Gasteiger partial charge >= 0.3 is 0 Å². The Morgan fingerprint density at radius 2 is 1.52 bits per heavy atom. The first-order chi connectivity index (χ1) is 11.8. The molecule has 1 N–H and O–H groups in total. The van der Waals surface area contributed by atoms with Gasteiger partial charge < -0.3 is 9.73 Å². The second-order valence-corrected chi connectivity index (χ2v) is 7.31. The molecule has 0 aliphatic heterocycles. The van der Waals surface area contributed by atoms with E-state index in [1.807, 2.05) is 49.4 Å². The van der Waals surface area contributed by atoms with Gasteiger partial charge in [0.05, 0.1) is 0 Å². The molecule has 1 aromatic heterocycles. The van der Waals surface area contributed by atoms with Gasteiger partial charge in [-0.2, -0.15) is 0 Å². The normalized spacial score (nSPS) is 11.4. The highest BCUT2D eigenvalue weighted by Crippen LogP contribution is 2.27. The Bertz CT molecular complexity index is 866. The fourth-order valence-corrected chi connectivity index (χ4v) is 2.58. The van der Waals surface area contributed by atoms with Crippen molar-refractivity contribution in [3.63, 3.8) is 0 Å².